The molecule has 0 unspecified atom stereocenters. The van der Waals surface area contributed by atoms with Gasteiger partial charge in [0.05, 0.1) is 13.2 Å². The van der Waals surface area contributed by atoms with E-state index in [1.807, 2.05) is 6.92 Å². The number of ether oxygens (including phenoxy) is 2. The smallest absolute Gasteiger partial charge is 0.248 e. The van der Waals surface area contributed by atoms with E-state index in [1.165, 1.54) is 28.7 Å². The predicted molar refractivity (Wildman–Crippen MR) is 121 cm³/mol. The van der Waals surface area contributed by atoms with Crippen LogP contribution in [0.25, 0.3) is 11.1 Å². The molecule has 0 saturated heterocycles. The summed E-state index contributed by atoms with van der Waals surface area (Å²) in [6.07, 6.45) is 4.17. The Morgan fingerprint density at radius 1 is 1.33 bits per heavy atom. The fourth-order valence-corrected chi connectivity index (χ4v) is 5.50. The van der Waals surface area contributed by atoms with Gasteiger partial charge in [-0.3, -0.25) is 4.79 Å². The maximum absolute atomic E-state index is 13.5. The SMILES string of the molecule is COCC(=O)N(C)C[C@@H]1Oc2cc(-c3cncnc3)ccc2S(=O)(=O)N([C@H](C)CO)C[C@H]1C. The molecule has 0 fully saturated rings. The highest BCUT2D eigenvalue weighted by molar-refractivity contribution is 7.89. The van der Waals surface area contributed by atoms with Crippen molar-refractivity contribution in [2.24, 2.45) is 5.92 Å². The number of amides is 1. The lowest BCUT2D eigenvalue weighted by molar-refractivity contribution is -0.135. The second-order valence-corrected chi connectivity index (χ2v) is 10.1. The Kier molecular flexibility index (Phi) is 8.01. The highest BCUT2D eigenvalue weighted by atomic mass is 32.2. The normalized spacial score (nSPS) is 21.2. The first-order valence-electron chi connectivity index (χ1n) is 10.6. The van der Waals surface area contributed by atoms with Crippen LogP contribution in [0.15, 0.2) is 41.8 Å². The summed E-state index contributed by atoms with van der Waals surface area (Å²) in [5, 5.41) is 9.73. The van der Waals surface area contributed by atoms with E-state index in [1.54, 1.807) is 38.5 Å². The quantitative estimate of drug-likeness (QED) is 0.626. The van der Waals surface area contributed by atoms with Crippen molar-refractivity contribution in [2.75, 3.05) is 40.5 Å². The number of benzene rings is 1. The van der Waals surface area contributed by atoms with Crippen molar-refractivity contribution < 1.29 is 27.8 Å². The van der Waals surface area contributed by atoms with Crippen LogP contribution in [0.4, 0.5) is 0 Å². The number of hydrogen-bond donors (Lipinski definition) is 1. The van der Waals surface area contributed by atoms with Crippen LogP contribution in [0.5, 0.6) is 5.75 Å². The molecule has 1 aromatic heterocycles. The Morgan fingerprint density at radius 2 is 2.03 bits per heavy atom. The third-order valence-corrected chi connectivity index (χ3v) is 7.73. The number of likely N-dealkylation sites (N-methyl/N-ethyl adjacent to an activating group) is 1. The van der Waals surface area contributed by atoms with E-state index in [0.29, 0.717) is 11.1 Å². The maximum atomic E-state index is 13.5. The lowest BCUT2D eigenvalue weighted by Gasteiger charge is -2.37. The zero-order chi connectivity index (χ0) is 24.2. The van der Waals surface area contributed by atoms with Gasteiger partial charge in [0.1, 0.15) is 29.7 Å². The predicted octanol–water partition coefficient (Wildman–Crippen LogP) is 1.02. The standard InChI is InChI=1S/C22H30N4O6S/c1-15-10-26(16(2)12-27)33(29,30)21-6-5-17(18-8-23-14-24-9-18)7-19(21)32-20(15)11-25(3)22(28)13-31-4/h5-9,14-16,20,27H,10-13H2,1-4H3/t15-,16-,20+/m1/s1. The van der Waals surface area contributed by atoms with Gasteiger partial charge in [-0.2, -0.15) is 4.31 Å². The average molecular weight is 479 g/mol. The van der Waals surface area contributed by atoms with Crippen molar-refractivity contribution >= 4 is 15.9 Å². The number of aromatic nitrogens is 2. The molecule has 3 rings (SSSR count). The van der Waals surface area contributed by atoms with E-state index < -0.39 is 22.2 Å². The molecule has 0 spiro atoms. The van der Waals surface area contributed by atoms with E-state index in [9.17, 15) is 18.3 Å². The molecule has 1 N–H and O–H groups in total. The van der Waals surface area contributed by atoms with Crippen molar-refractivity contribution in [1.29, 1.82) is 0 Å². The summed E-state index contributed by atoms with van der Waals surface area (Å²) in [5.41, 5.74) is 1.41. The van der Waals surface area contributed by atoms with Crippen molar-refractivity contribution in [1.82, 2.24) is 19.2 Å². The number of carbonyl (C=O) groups is 1. The molecule has 0 saturated carbocycles. The molecule has 0 aliphatic carbocycles. The number of aliphatic hydroxyl groups is 1. The van der Waals surface area contributed by atoms with Crippen LogP contribution in [-0.4, -0.2) is 91.2 Å². The molecule has 0 bridgehead atoms. The molecular formula is C22H30N4O6S. The van der Waals surface area contributed by atoms with E-state index in [4.69, 9.17) is 9.47 Å². The van der Waals surface area contributed by atoms with Gasteiger partial charge in [0, 0.05) is 50.6 Å². The summed E-state index contributed by atoms with van der Waals surface area (Å²) in [7, 11) is -0.844. The topological polar surface area (TPSA) is 122 Å². The molecule has 2 aromatic rings. The first-order valence-corrected chi connectivity index (χ1v) is 12.0. The fourth-order valence-electron chi connectivity index (χ4n) is 3.68. The zero-order valence-electron chi connectivity index (χ0n) is 19.2. The van der Waals surface area contributed by atoms with Gasteiger partial charge < -0.3 is 19.5 Å². The van der Waals surface area contributed by atoms with E-state index in [-0.39, 0.29) is 48.8 Å². The number of carbonyl (C=O) groups excluding carboxylic acids is 1. The van der Waals surface area contributed by atoms with Crippen molar-refractivity contribution in [3.63, 3.8) is 0 Å². The molecule has 180 valence electrons. The fraction of sp³-hybridized carbons (Fsp3) is 0.500. The highest BCUT2D eigenvalue weighted by Gasteiger charge is 2.38. The Morgan fingerprint density at radius 3 is 2.67 bits per heavy atom. The zero-order valence-corrected chi connectivity index (χ0v) is 20.0. The molecule has 10 nitrogen and oxygen atoms in total. The lowest BCUT2D eigenvalue weighted by Crippen LogP contribution is -2.50. The molecule has 1 aromatic carbocycles. The van der Waals surface area contributed by atoms with Gasteiger partial charge in [-0.25, -0.2) is 18.4 Å². The minimum atomic E-state index is -3.95. The Balaban J connectivity index is 2.08. The molecule has 2 heterocycles. The molecule has 1 aliphatic rings. The van der Waals surface area contributed by atoms with Gasteiger partial charge >= 0.3 is 0 Å². The minimum Gasteiger partial charge on any atom is -0.487 e. The Labute approximate surface area is 194 Å². The van der Waals surface area contributed by atoms with Gasteiger partial charge in [0.2, 0.25) is 15.9 Å². The van der Waals surface area contributed by atoms with E-state index in [2.05, 4.69) is 9.97 Å². The number of aliphatic hydroxyl groups excluding tert-OH is 1. The third kappa shape index (κ3) is 5.49. The van der Waals surface area contributed by atoms with Gasteiger partial charge in [0.15, 0.2) is 0 Å². The summed E-state index contributed by atoms with van der Waals surface area (Å²) < 4.78 is 39.5. The van der Waals surface area contributed by atoms with Crippen LogP contribution < -0.4 is 4.74 Å². The van der Waals surface area contributed by atoms with Gasteiger partial charge in [0.25, 0.3) is 0 Å². The van der Waals surface area contributed by atoms with Gasteiger partial charge in [-0.05, 0) is 24.6 Å². The van der Waals surface area contributed by atoms with Crippen molar-refractivity contribution in [3.05, 3.63) is 36.9 Å². The van der Waals surface area contributed by atoms with E-state index in [0.717, 1.165) is 0 Å². The molecule has 0 radical (unpaired) electrons. The number of fused-ring (bicyclic) bond motifs is 1. The molecular weight excluding hydrogens is 448 g/mol. The lowest BCUT2D eigenvalue weighted by atomic mass is 10.0. The minimum absolute atomic E-state index is 0.00571. The second kappa shape index (κ2) is 10.6. The second-order valence-electron chi connectivity index (χ2n) is 8.24. The summed E-state index contributed by atoms with van der Waals surface area (Å²) in [5.74, 6) is -0.307. The van der Waals surface area contributed by atoms with Gasteiger partial charge in [-0.1, -0.05) is 13.0 Å². The number of methoxy groups -OCH3 is 1. The highest BCUT2D eigenvalue weighted by Crippen LogP contribution is 2.36. The molecule has 3 atom stereocenters. The average Bonchev–Trinajstić information content (AvgIpc) is 2.81. The summed E-state index contributed by atoms with van der Waals surface area (Å²) in [6.45, 7) is 3.52. The number of sulfonamides is 1. The maximum Gasteiger partial charge on any atom is 0.248 e. The van der Waals surface area contributed by atoms with Crippen LogP contribution in [0.3, 0.4) is 0 Å². The summed E-state index contributed by atoms with van der Waals surface area (Å²) in [6, 6.07) is 4.19. The van der Waals surface area contributed by atoms with Crippen LogP contribution in [-0.2, 0) is 19.6 Å². The number of hydrogen-bond acceptors (Lipinski definition) is 8. The van der Waals surface area contributed by atoms with Crippen molar-refractivity contribution in [3.8, 4) is 16.9 Å². The van der Waals surface area contributed by atoms with E-state index >= 15 is 0 Å². The molecule has 1 amide bonds. The van der Waals surface area contributed by atoms with Crippen LogP contribution in [0, 0.1) is 5.92 Å². The number of nitrogens with zero attached hydrogens (tertiary/aromatic N) is 4. The largest absolute Gasteiger partial charge is 0.487 e. The molecule has 11 heteroatoms. The van der Waals surface area contributed by atoms with Crippen LogP contribution in [0.1, 0.15) is 13.8 Å². The molecule has 1 aliphatic heterocycles. The van der Waals surface area contributed by atoms with Gasteiger partial charge in [-0.15, -0.1) is 0 Å². The monoisotopic (exact) mass is 478 g/mol. The molecule has 33 heavy (non-hydrogen) atoms. The Bertz CT molecular complexity index is 1070. The number of rotatable bonds is 7. The first-order chi connectivity index (χ1) is 15.7. The van der Waals surface area contributed by atoms with Crippen LogP contribution >= 0.6 is 0 Å². The summed E-state index contributed by atoms with van der Waals surface area (Å²) >= 11 is 0. The Hall–Kier alpha value is -2.60. The first kappa shape index (κ1) is 25.0. The van der Waals surface area contributed by atoms with Crippen molar-refractivity contribution in [2.45, 2.75) is 30.9 Å². The third-order valence-electron chi connectivity index (χ3n) is 5.71. The summed E-state index contributed by atoms with van der Waals surface area (Å²) in [4.78, 5) is 21.8. The van der Waals surface area contributed by atoms with Crippen LogP contribution in [0.2, 0.25) is 0 Å².